The fraction of sp³-hybridized carbons (Fsp3) is 0.500. The summed E-state index contributed by atoms with van der Waals surface area (Å²) in [5.74, 6) is -6.85. The van der Waals surface area contributed by atoms with Crippen molar-refractivity contribution in [2.24, 2.45) is 0 Å². The third kappa shape index (κ3) is 16.7. The minimum atomic E-state index is -1.96. The van der Waals surface area contributed by atoms with Crippen molar-refractivity contribution in [2.45, 2.75) is 25.0 Å². The molecule has 4 radical (unpaired) electrons. The molecule has 2 atom stereocenters. The summed E-state index contributed by atoms with van der Waals surface area (Å²) in [5.41, 5.74) is 0. The van der Waals surface area contributed by atoms with Crippen LogP contribution in [0.3, 0.4) is 0 Å². The van der Waals surface area contributed by atoms with Crippen LogP contribution < -0.4 is 20.4 Å². The van der Waals surface area contributed by atoms with Gasteiger partial charge >= 0.3 is 0 Å². The number of aliphatic hydroxyl groups excluding tert-OH is 2. The predicted octanol–water partition coefficient (Wildman–Crippen LogP) is -7.91. The molecule has 0 saturated carbocycles. The Morgan fingerprint density at radius 3 is 1.00 bits per heavy atom. The average molecular weight is 471 g/mol. The first kappa shape index (κ1) is 22.9. The summed E-state index contributed by atoms with van der Waals surface area (Å²) >= 11 is 0. The molecule has 10 nitrogen and oxygen atoms in total. The second-order valence-electron chi connectivity index (χ2n) is 2.82. The van der Waals surface area contributed by atoms with E-state index in [0.29, 0.717) is 0 Å². The molecule has 0 saturated heterocycles. The van der Waals surface area contributed by atoms with Crippen LogP contribution >= 0.6 is 0 Å². The Labute approximate surface area is 126 Å². The van der Waals surface area contributed by atoms with Gasteiger partial charge < -0.3 is 49.8 Å². The Morgan fingerprint density at radius 2 is 0.947 bits per heavy atom. The van der Waals surface area contributed by atoms with Gasteiger partial charge in [0.05, 0.1) is 24.1 Å². The number of carboxylic acids is 4. The zero-order chi connectivity index (χ0) is 14.9. The van der Waals surface area contributed by atoms with Crippen LogP contribution in [0.2, 0.25) is 0 Å². The zero-order valence-electron chi connectivity index (χ0n) is 9.23. The van der Waals surface area contributed by atoms with Crippen molar-refractivity contribution in [3.8, 4) is 0 Å². The fourth-order valence-corrected chi connectivity index (χ4v) is 0.482. The van der Waals surface area contributed by atoms with Gasteiger partial charge in [0.2, 0.25) is 0 Å². The molecule has 0 spiro atoms. The van der Waals surface area contributed by atoms with Crippen molar-refractivity contribution in [2.75, 3.05) is 0 Å². The first-order valence-electron chi connectivity index (χ1n) is 4.25. The van der Waals surface area contributed by atoms with Crippen LogP contribution in [0.5, 0.6) is 0 Å². The SMILES string of the molecule is O=C([O-])CC(O)C(=O)[O-].O=C([O-])CC(O)C(=O)[O-].[Pb]. The smallest absolute Gasteiger partial charge is 0.0985 e. The summed E-state index contributed by atoms with van der Waals surface area (Å²) in [7, 11) is 0. The molecular formula is C8H8O10Pb-4. The Morgan fingerprint density at radius 1 is 0.737 bits per heavy atom. The molecule has 0 rings (SSSR count). The van der Waals surface area contributed by atoms with Gasteiger partial charge in [-0.3, -0.25) is 0 Å². The molecule has 11 heteroatoms. The summed E-state index contributed by atoms with van der Waals surface area (Å²) in [6, 6.07) is 0. The Kier molecular flexibility index (Phi) is 14.2. The molecule has 19 heavy (non-hydrogen) atoms. The van der Waals surface area contributed by atoms with E-state index in [1.165, 1.54) is 0 Å². The molecular weight excluding hydrogens is 463 g/mol. The van der Waals surface area contributed by atoms with E-state index < -0.39 is 48.9 Å². The molecule has 0 aliphatic rings. The van der Waals surface area contributed by atoms with Crippen molar-refractivity contribution in [3.05, 3.63) is 0 Å². The first-order chi connectivity index (χ1) is 8.07. The third-order valence-electron chi connectivity index (χ3n) is 1.26. The van der Waals surface area contributed by atoms with Gasteiger partial charge in [0.25, 0.3) is 0 Å². The summed E-state index contributed by atoms with van der Waals surface area (Å²) < 4.78 is 0. The maximum absolute atomic E-state index is 9.58. The minimum Gasteiger partial charge on any atom is -0.550 e. The molecule has 108 valence electrons. The number of aliphatic hydroxyl groups is 2. The topological polar surface area (TPSA) is 201 Å². The maximum atomic E-state index is 9.58. The van der Waals surface area contributed by atoms with Crippen LogP contribution in [0.4, 0.5) is 0 Å². The van der Waals surface area contributed by atoms with Crippen LogP contribution in [0, 0.1) is 0 Å². The second kappa shape index (κ2) is 11.8. The molecule has 2 unspecified atom stereocenters. The van der Waals surface area contributed by atoms with Crippen LogP contribution in [-0.4, -0.2) is 73.6 Å². The van der Waals surface area contributed by atoms with E-state index >= 15 is 0 Å². The van der Waals surface area contributed by atoms with Gasteiger partial charge in [-0.25, -0.2) is 0 Å². The maximum Gasteiger partial charge on any atom is 0.0985 e. The summed E-state index contributed by atoms with van der Waals surface area (Å²) in [4.78, 5) is 38.3. The predicted molar refractivity (Wildman–Crippen MR) is 47.0 cm³/mol. The molecule has 0 aromatic heterocycles. The van der Waals surface area contributed by atoms with Crippen molar-refractivity contribution >= 4 is 51.2 Å². The van der Waals surface area contributed by atoms with Crippen LogP contribution in [0.1, 0.15) is 12.8 Å². The number of rotatable bonds is 6. The Bertz CT molecular complexity index is 295. The van der Waals surface area contributed by atoms with E-state index in [2.05, 4.69) is 0 Å². The van der Waals surface area contributed by atoms with Gasteiger partial charge in [-0.05, 0) is 0 Å². The van der Waals surface area contributed by atoms with Crippen LogP contribution in [-0.2, 0) is 19.2 Å². The summed E-state index contributed by atoms with van der Waals surface area (Å²) in [6.45, 7) is 0. The molecule has 0 amide bonds. The Hall–Kier alpha value is -1.28. The van der Waals surface area contributed by atoms with E-state index in [4.69, 9.17) is 10.2 Å². The van der Waals surface area contributed by atoms with E-state index in [1.54, 1.807) is 0 Å². The molecule has 0 aliphatic heterocycles. The van der Waals surface area contributed by atoms with Gasteiger partial charge in [0.15, 0.2) is 0 Å². The minimum absolute atomic E-state index is 0. The van der Waals surface area contributed by atoms with E-state index in [0.717, 1.165) is 0 Å². The molecule has 0 aromatic carbocycles. The zero-order valence-corrected chi connectivity index (χ0v) is 13.1. The summed E-state index contributed by atoms with van der Waals surface area (Å²) in [6.07, 6.45) is -5.78. The standard InChI is InChI=1S/2C4H6O5.Pb/c2*5-2(4(8)9)1-3(6)7;/h2*2,5H,1H2,(H,6,7)(H,8,9);/p-4. The third-order valence-corrected chi connectivity index (χ3v) is 1.26. The van der Waals surface area contributed by atoms with Gasteiger partial charge in [-0.2, -0.15) is 0 Å². The van der Waals surface area contributed by atoms with E-state index in [-0.39, 0.29) is 27.3 Å². The molecule has 0 heterocycles. The number of carbonyl (C=O) groups is 4. The number of hydrogen-bond acceptors (Lipinski definition) is 10. The van der Waals surface area contributed by atoms with Crippen LogP contribution in [0.15, 0.2) is 0 Å². The number of carbonyl (C=O) groups excluding carboxylic acids is 4. The van der Waals surface area contributed by atoms with Crippen molar-refractivity contribution in [1.29, 1.82) is 0 Å². The van der Waals surface area contributed by atoms with Gasteiger partial charge in [0.1, 0.15) is 0 Å². The molecule has 0 aromatic rings. The molecule has 2 N–H and O–H groups in total. The van der Waals surface area contributed by atoms with Crippen molar-refractivity contribution in [1.82, 2.24) is 0 Å². The van der Waals surface area contributed by atoms with Gasteiger partial charge in [-0.1, -0.05) is 0 Å². The van der Waals surface area contributed by atoms with Gasteiger partial charge in [-0.15, -0.1) is 0 Å². The van der Waals surface area contributed by atoms with E-state index in [9.17, 15) is 39.6 Å². The van der Waals surface area contributed by atoms with Crippen molar-refractivity contribution < 1.29 is 49.8 Å². The van der Waals surface area contributed by atoms with E-state index in [1.807, 2.05) is 0 Å². The fourth-order valence-electron chi connectivity index (χ4n) is 0.482. The largest absolute Gasteiger partial charge is 0.550 e. The molecule has 0 fully saturated rings. The van der Waals surface area contributed by atoms with Gasteiger partial charge in [0, 0.05) is 52.1 Å². The second-order valence-corrected chi connectivity index (χ2v) is 2.82. The first-order valence-corrected chi connectivity index (χ1v) is 4.25. The molecule has 0 bridgehead atoms. The molecule has 0 aliphatic carbocycles. The average Bonchev–Trinajstić information content (AvgIpc) is 2.16. The quantitative estimate of drug-likeness (QED) is 0.350. The van der Waals surface area contributed by atoms with Crippen molar-refractivity contribution in [3.63, 3.8) is 0 Å². The van der Waals surface area contributed by atoms with Crippen LogP contribution in [0.25, 0.3) is 0 Å². The Balaban J connectivity index is -0.000000256. The summed E-state index contributed by atoms with van der Waals surface area (Å²) in [5, 5.41) is 54.7. The number of carboxylic acid groups (broad SMARTS) is 4. The number of aliphatic carboxylic acids is 4. The normalized spacial score (nSPS) is 11.9. The number of hydrogen-bond donors (Lipinski definition) is 2. The monoisotopic (exact) mass is 472 g/mol.